The van der Waals surface area contributed by atoms with E-state index in [1.165, 1.54) is 6.08 Å². The number of carbonyl (C=O) groups excluding carboxylic acids is 1. The molecule has 0 spiro atoms. The molecule has 2 saturated heterocycles. The van der Waals surface area contributed by atoms with Crippen LogP contribution < -0.4 is 9.64 Å². The van der Waals surface area contributed by atoms with Crippen molar-refractivity contribution in [3.8, 4) is 28.8 Å². The fraction of sp³-hybridized carbons (Fsp3) is 0.353. The number of piperazine rings is 1. The average Bonchev–Trinajstić information content (AvgIpc) is 3.43. The predicted molar refractivity (Wildman–Crippen MR) is 168 cm³/mol. The number of aromatic hydroxyl groups is 1. The van der Waals surface area contributed by atoms with Crippen molar-refractivity contribution in [2.24, 2.45) is 0 Å². The maximum absolute atomic E-state index is 12.5. The zero-order valence-electron chi connectivity index (χ0n) is 24.7. The second-order valence-electron chi connectivity index (χ2n) is 11.5. The van der Waals surface area contributed by atoms with Gasteiger partial charge in [-0.1, -0.05) is 24.8 Å². The van der Waals surface area contributed by atoms with E-state index < -0.39 is 0 Å². The number of benzene rings is 2. The summed E-state index contributed by atoms with van der Waals surface area (Å²) in [5, 5.41) is 22.1. The number of phenolic OH excluding ortho intramolecular Hbond substituents is 1. The van der Waals surface area contributed by atoms with Crippen molar-refractivity contribution in [3.63, 3.8) is 0 Å². The van der Waals surface area contributed by atoms with Gasteiger partial charge in [-0.25, -0.2) is 4.98 Å². The number of anilines is 1. The fourth-order valence-electron chi connectivity index (χ4n) is 6.49. The molecule has 2 atom stereocenters. The van der Waals surface area contributed by atoms with E-state index >= 15 is 0 Å². The number of aromatic nitrogens is 2. The standard InChI is InChI=1S/C34H36N6O3/c1-4-32(42)40-14-13-39(20-25(40)10-11-35)30-18-31(43-21-26-9-6-12-38(26)3)37-29-16-24(19-36-34(29)30)28-17-27(41)15-23-8-5-7-22(2)33(23)28/h4-5,7-8,15-19,25-26,41H,1,6,9-10,12-14,20-21H2,2-3H3/t25?,26-/m0/s1. The van der Waals surface area contributed by atoms with Crippen LogP contribution in [0.1, 0.15) is 24.8 Å². The maximum atomic E-state index is 12.5. The number of carbonyl (C=O) groups is 1. The number of likely N-dealkylation sites (N-methyl/N-ethyl adjacent to an activating group) is 1. The highest BCUT2D eigenvalue weighted by Crippen LogP contribution is 2.37. The quantitative estimate of drug-likeness (QED) is 0.305. The van der Waals surface area contributed by atoms with Crippen LogP contribution in [0, 0.1) is 18.3 Å². The molecule has 1 N–H and O–H groups in total. The van der Waals surface area contributed by atoms with Crippen LogP contribution >= 0.6 is 0 Å². The lowest BCUT2D eigenvalue weighted by Crippen LogP contribution is -2.55. The van der Waals surface area contributed by atoms with Gasteiger partial charge in [0.05, 0.1) is 29.7 Å². The molecule has 0 aliphatic carbocycles. The van der Waals surface area contributed by atoms with E-state index in [9.17, 15) is 15.2 Å². The summed E-state index contributed by atoms with van der Waals surface area (Å²) >= 11 is 0. The highest BCUT2D eigenvalue weighted by molar-refractivity contribution is 6.01. The highest BCUT2D eigenvalue weighted by atomic mass is 16.5. The van der Waals surface area contributed by atoms with Gasteiger partial charge >= 0.3 is 0 Å². The third kappa shape index (κ3) is 5.58. The van der Waals surface area contributed by atoms with Gasteiger partial charge in [-0.05, 0) is 79.5 Å². The van der Waals surface area contributed by atoms with Gasteiger partial charge < -0.3 is 24.5 Å². The Balaban J connectivity index is 1.44. The minimum atomic E-state index is -0.273. The Bertz CT molecular complexity index is 1750. The van der Waals surface area contributed by atoms with Gasteiger partial charge in [0.2, 0.25) is 11.8 Å². The topological polar surface area (TPSA) is 106 Å². The summed E-state index contributed by atoms with van der Waals surface area (Å²) in [6.45, 7) is 8.83. The lowest BCUT2D eigenvalue weighted by Gasteiger charge is -2.41. The van der Waals surface area contributed by atoms with Crippen molar-refractivity contribution in [2.75, 3.05) is 44.7 Å². The molecule has 1 unspecified atom stereocenters. The summed E-state index contributed by atoms with van der Waals surface area (Å²) in [7, 11) is 2.12. The third-order valence-corrected chi connectivity index (χ3v) is 8.79. The lowest BCUT2D eigenvalue weighted by atomic mass is 9.95. The summed E-state index contributed by atoms with van der Waals surface area (Å²) < 4.78 is 6.33. The Hall–Kier alpha value is -4.68. The molecule has 4 heterocycles. The molecule has 220 valence electrons. The molecule has 6 rings (SSSR count). The van der Waals surface area contributed by atoms with Crippen molar-refractivity contribution in [3.05, 3.63) is 66.9 Å². The van der Waals surface area contributed by atoms with Crippen LogP contribution in [0.3, 0.4) is 0 Å². The van der Waals surface area contributed by atoms with Crippen molar-refractivity contribution in [2.45, 2.75) is 38.3 Å². The number of fused-ring (bicyclic) bond motifs is 2. The fourth-order valence-corrected chi connectivity index (χ4v) is 6.49. The molecular weight excluding hydrogens is 540 g/mol. The molecule has 9 nitrogen and oxygen atoms in total. The molecule has 1 amide bonds. The molecule has 2 aromatic heterocycles. The molecule has 4 aromatic rings. The number of phenols is 1. The number of hydrogen-bond acceptors (Lipinski definition) is 8. The second kappa shape index (κ2) is 11.9. The normalized spacial score (nSPS) is 19.1. The zero-order chi connectivity index (χ0) is 30.1. The summed E-state index contributed by atoms with van der Waals surface area (Å²) in [5.74, 6) is 0.538. The Labute approximate surface area is 251 Å². The average molecular weight is 577 g/mol. The zero-order valence-corrected chi connectivity index (χ0v) is 24.7. The summed E-state index contributed by atoms with van der Waals surface area (Å²) in [6.07, 6.45) is 5.59. The SMILES string of the molecule is C=CC(=O)N1CCN(c2cc(OC[C@@H]3CCCN3C)nc3cc(-c4cc(O)cc5cccc(C)c45)cnc23)CC1CC#N. The maximum Gasteiger partial charge on any atom is 0.246 e. The number of rotatable bonds is 7. The van der Waals surface area contributed by atoms with Crippen molar-refractivity contribution in [1.82, 2.24) is 19.8 Å². The van der Waals surface area contributed by atoms with Gasteiger partial charge in [-0.15, -0.1) is 0 Å². The van der Waals surface area contributed by atoms with E-state index in [-0.39, 0.29) is 24.1 Å². The van der Waals surface area contributed by atoms with E-state index in [2.05, 4.69) is 42.5 Å². The Morgan fingerprint density at radius 3 is 2.84 bits per heavy atom. The van der Waals surface area contributed by atoms with Gasteiger partial charge in [0.25, 0.3) is 0 Å². The minimum absolute atomic E-state index is 0.166. The molecule has 2 aliphatic rings. The monoisotopic (exact) mass is 576 g/mol. The first-order chi connectivity index (χ1) is 20.9. The van der Waals surface area contributed by atoms with Crippen molar-refractivity contribution in [1.29, 1.82) is 5.26 Å². The van der Waals surface area contributed by atoms with Gasteiger partial charge in [-0.2, -0.15) is 5.26 Å². The van der Waals surface area contributed by atoms with Crippen LogP contribution in [0.25, 0.3) is 32.9 Å². The summed E-state index contributed by atoms with van der Waals surface area (Å²) in [5.41, 5.74) is 5.09. The summed E-state index contributed by atoms with van der Waals surface area (Å²) in [6, 6.07) is 15.8. The van der Waals surface area contributed by atoms with Crippen LogP contribution in [0.2, 0.25) is 0 Å². The van der Waals surface area contributed by atoms with Crippen molar-refractivity contribution >= 4 is 33.4 Å². The third-order valence-electron chi connectivity index (χ3n) is 8.79. The van der Waals surface area contributed by atoms with Crippen LogP contribution in [0.5, 0.6) is 11.6 Å². The molecule has 0 bridgehead atoms. The largest absolute Gasteiger partial charge is 0.508 e. The van der Waals surface area contributed by atoms with E-state index in [4.69, 9.17) is 14.7 Å². The van der Waals surface area contributed by atoms with Crippen LogP contribution in [-0.4, -0.2) is 82.7 Å². The van der Waals surface area contributed by atoms with Crippen LogP contribution in [-0.2, 0) is 4.79 Å². The Morgan fingerprint density at radius 2 is 2.07 bits per heavy atom. The first-order valence-corrected chi connectivity index (χ1v) is 14.8. The molecule has 2 fully saturated rings. The van der Waals surface area contributed by atoms with Crippen LogP contribution in [0.15, 0.2) is 61.3 Å². The molecule has 43 heavy (non-hydrogen) atoms. The van der Waals surface area contributed by atoms with E-state index in [1.54, 1.807) is 17.0 Å². The number of amides is 1. The van der Waals surface area contributed by atoms with Gasteiger partial charge in [0.1, 0.15) is 17.9 Å². The number of pyridine rings is 2. The first-order valence-electron chi connectivity index (χ1n) is 14.8. The Morgan fingerprint density at radius 1 is 1.21 bits per heavy atom. The number of ether oxygens (including phenoxy) is 1. The second-order valence-corrected chi connectivity index (χ2v) is 11.5. The number of likely N-dealkylation sites (tertiary alicyclic amines) is 1. The Kier molecular flexibility index (Phi) is 7.87. The molecule has 9 heteroatoms. The predicted octanol–water partition coefficient (Wildman–Crippen LogP) is 5.05. The number of nitrogens with zero attached hydrogens (tertiary/aromatic N) is 6. The minimum Gasteiger partial charge on any atom is -0.508 e. The lowest BCUT2D eigenvalue weighted by molar-refractivity contribution is -0.128. The molecule has 0 radical (unpaired) electrons. The number of hydrogen-bond donors (Lipinski definition) is 1. The van der Waals surface area contributed by atoms with E-state index in [1.807, 2.05) is 30.5 Å². The molecule has 2 aliphatic heterocycles. The smallest absolute Gasteiger partial charge is 0.246 e. The molecule has 2 aromatic carbocycles. The summed E-state index contributed by atoms with van der Waals surface area (Å²) in [4.78, 5) is 28.6. The highest BCUT2D eigenvalue weighted by Gasteiger charge is 2.31. The van der Waals surface area contributed by atoms with Gasteiger partial charge in [0.15, 0.2) is 0 Å². The van der Waals surface area contributed by atoms with Crippen molar-refractivity contribution < 1.29 is 14.6 Å². The number of nitriles is 1. The van der Waals surface area contributed by atoms with E-state index in [0.717, 1.165) is 58.1 Å². The van der Waals surface area contributed by atoms with Gasteiger partial charge in [0, 0.05) is 43.5 Å². The van der Waals surface area contributed by atoms with Crippen LogP contribution in [0.4, 0.5) is 5.69 Å². The molecule has 0 saturated carbocycles. The van der Waals surface area contributed by atoms with E-state index in [0.29, 0.717) is 43.7 Å². The first kappa shape index (κ1) is 28.4. The molecular formula is C34H36N6O3. The number of aryl methyl sites for hydroxylation is 1. The van der Waals surface area contributed by atoms with Gasteiger partial charge in [-0.3, -0.25) is 9.78 Å².